The van der Waals surface area contributed by atoms with Crippen molar-refractivity contribution in [1.29, 1.82) is 0 Å². The van der Waals surface area contributed by atoms with Crippen LogP contribution in [0.1, 0.15) is 245 Å². The fraction of sp³-hybridized carbons (Fsp3) is 0.806. The molecular weight excluding hydrogens is 1030 g/mol. The second kappa shape index (κ2) is 52.9. The number of ether oxygens (including phenoxy) is 6. The van der Waals surface area contributed by atoms with Gasteiger partial charge in [0.25, 0.3) is 0 Å². The van der Waals surface area contributed by atoms with Gasteiger partial charge in [-0.05, 0) is 64.2 Å². The fourth-order valence-electron chi connectivity index (χ4n) is 10.1. The quantitative estimate of drug-likeness (QED) is 0.0172. The Balaban J connectivity index is 1.68. The summed E-state index contributed by atoms with van der Waals surface area (Å²) in [6.07, 6.45) is 52.6. The SMILES string of the molecule is CC/C=C\C/C=C\C/C=C\C/C=C\C/C=C\C/C=C\CCCCCOCC(COC1OC(COC2OC(CO)C(O)C(O)C2O)C(O)C(O)C1O)OC(=O)CCCCCCCCCCCCCCCCCCCCCCCCCCC. The second-order valence-corrected chi connectivity index (χ2v) is 22.6. The fourth-order valence-corrected chi connectivity index (χ4v) is 10.1. The Morgan fingerprint density at radius 1 is 0.420 bits per heavy atom. The predicted octanol–water partition coefficient (Wildman–Crippen LogP) is 13.0. The van der Waals surface area contributed by atoms with Crippen molar-refractivity contribution in [2.75, 3.05) is 33.0 Å². The van der Waals surface area contributed by atoms with Gasteiger partial charge in [-0.15, -0.1) is 0 Å². The maximum Gasteiger partial charge on any atom is 0.306 e. The summed E-state index contributed by atoms with van der Waals surface area (Å²) in [6, 6.07) is 0. The number of hydrogen-bond donors (Lipinski definition) is 7. The van der Waals surface area contributed by atoms with Gasteiger partial charge in [0, 0.05) is 13.0 Å². The van der Waals surface area contributed by atoms with E-state index in [0.29, 0.717) is 13.0 Å². The highest BCUT2D eigenvalue weighted by Gasteiger charge is 2.47. The number of hydrogen-bond acceptors (Lipinski definition) is 14. The van der Waals surface area contributed by atoms with Crippen LogP contribution in [-0.2, 0) is 33.2 Å². The minimum atomic E-state index is -1.72. The molecule has 0 amide bonds. The first-order valence-electron chi connectivity index (χ1n) is 32.5. The number of allylic oxidation sites excluding steroid dienone is 12. The van der Waals surface area contributed by atoms with Crippen molar-refractivity contribution in [2.45, 2.75) is 313 Å². The van der Waals surface area contributed by atoms with Crippen LogP contribution in [-0.4, -0.2) is 142 Å². The summed E-state index contributed by atoms with van der Waals surface area (Å²) >= 11 is 0. The molecule has 0 bridgehead atoms. The summed E-state index contributed by atoms with van der Waals surface area (Å²) in [6.45, 7) is 3.53. The Kier molecular flexibility index (Phi) is 48.7. The molecule has 0 aromatic carbocycles. The minimum absolute atomic E-state index is 0.0377. The molecule has 2 heterocycles. The number of aliphatic hydroxyl groups is 7. The number of aliphatic hydroxyl groups excluding tert-OH is 7. The number of esters is 1. The molecule has 470 valence electrons. The predicted molar refractivity (Wildman–Crippen MR) is 325 cm³/mol. The molecule has 2 saturated heterocycles. The topological polar surface area (TPSA) is 214 Å². The van der Waals surface area contributed by atoms with E-state index in [-0.39, 0.29) is 25.6 Å². The summed E-state index contributed by atoms with van der Waals surface area (Å²) in [5.41, 5.74) is 0. The first-order valence-corrected chi connectivity index (χ1v) is 32.5. The Morgan fingerprint density at radius 2 is 0.802 bits per heavy atom. The van der Waals surface area contributed by atoms with Gasteiger partial charge in [-0.25, -0.2) is 0 Å². The molecule has 0 radical (unpaired) electrons. The molecule has 0 spiro atoms. The average Bonchev–Trinajstić information content (AvgIpc) is 3.57. The summed E-state index contributed by atoms with van der Waals surface area (Å²) in [5, 5.41) is 72.5. The van der Waals surface area contributed by atoms with Crippen LogP contribution >= 0.6 is 0 Å². The van der Waals surface area contributed by atoms with Gasteiger partial charge in [-0.1, -0.05) is 247 Å². The molecule has 14 nitrogen and oxygen atoms in total. The van der Waals surface area contributed by atoms with E-state index < -0.39 is 80.7 Å². The van der Waals surface area contributed by atoms with Gasteiger partial charge in [0.2, 0.25) is 0 Å². The molecule has 11 unspecified atom stereocenters. The molecule has 11 atom stereocenters. The van der Waals surface area contributed by atoms with E-state index in [0.717, 1.165) is 83.5 Å². The molecule has 81 heavy (non-hydrogen) atoms. The lowest BCUT2D eigenvalue weighted by molar-refractivity contribution is -0.332. The molecular formula is C67H118O14. The van der Waals surface area contributed by atoms with Crippen LogP contribution in [0.15, 0.2) is 72.9 Å². The maximum absolute atomic E-state index is 13.1. The smallest absolute Gasteiger partial charge is 0.306 e. The van der Waals surface area contributed by atoms with Crippen molar-refractivity contribution in [3.63, 3.8) is 0 Å². The van der Waals surface area contributed by atoms with Crippen LogP contribution in [0.25, 0.3) is 0 Å². The number of rotatable bonds is 53. The zero-order valence-electron chi connectivity index (χ0n) is 50.8. The van der Waals surface area contributed by atoms with Crippen LogP contribution in [0.4, 0.5) is 0 Å². The summed E-state index contributed by atoms with van der Waals surface area (Å²) < 4.78 is 34.4. The molecule has 0 aromatic rings. The standard InChI is InChI=1S/C67H118O14/c1-3-5-7-9-11-13-15-17-19-21-23-25-27-28-29-30-32-34-36-38-40-42-44-46-48-50-59(69)79-56(53-76-51-49-47-45-43-41-39-37-35-33-31-26-24-22-20-18-16-14-12-10-8-6-4-2)54-77-66-65(75)63(73)61(71)58(81-66)55-78-67-64(74)62(72)60(70)57(52-68)80-67/h6,8,12,14,18,20,24,26,33,35,39,41,56-58,60-68,70-75H,3-5,7,9-11,13,15-17,19,21-23,25,27-32,34,36-38,40,42-55H2,1-2H3/b8-6-,14-12-,20-18-,26-24-,35-33-,41-39-. The molecule has 2 aliphatic heterocycles. The third kappa shape index (κ3) is 38.9. The van der Waals surface area contributed by atoms with Crippen molar-refractivity contribution in [1.82, 2.24) is 0 Å². The molecule has 0 aliphatic carbocycles. The normalized spacial score (nSPS) is 24.2. The van der Waals surface area contributed by atoms with E-state index in [1.165, 1.54) is 135 Å². The first kappa shape index (κ1) is 74.5. The van der Waals surface area contributed by atoms with Crippen molar-refractivity contribution >= 4 is 5.97 Å². The van der Waals surface area contributed by atoms with Gasteiger partial charge in [0.15, 0.2) is 12.6 Å². The lowest BCUT2D eigenvalue weighted by atomic mass is 9.98. The van der Waals surface area contributed by atoms with Crippen molar-refractivity contribution in [2.24, 2.45) is 0 Å². The molecule has 14 heteroatoms. The molecule has 2 aliphatic rings. The lowest BCUT2D eigenvalue weighted by Gasteiger charge is -2.42. The number of carbonyl (C=O) groups is 1. The van der Waals surface area contributed by atoms with E-state index in [1.807, 2.05) is 0 Å². The average molecular weight is 1150 g/mol. The third-order valence-corrected chi connectivity index (χ3v) is 15.2. The van der Waals surface area contributed by atoms with Gasteiger partial charge in [0.1, 0.15) is 54.9 Å². The van der Waals surface area contributed by atoms with Crippen LogP contribution < -0.4 is 0 Å². The van der Waals surface area contributed by atoms with Crippen molar-refractivity contribution in [3.8, 4) is 0 Å². The molecule has 7 N–H and O–H groups in total. The molecule has 0 aromatic heterocycles. The zero-order chi connectivity index (χ0) is 58.6. The van der Waals surface area contributed by atoms with Crippen LogP contribution in [0, 0.1) is 0 Å². The van der Waals surface area contributed by atoms with Gasteiger partial charge < -0.3 is 64.2 Å². The monoisotopic (exact) mass is 1150 g/mol. The lowest BCUT2D eigenvalue weighted by Crippen LogP contribution is -2.61. The molecule has 2 fully saturated rings. The Bertz CT molecular complexity index is 1610. The third-order valence-electron chi connectivity index (χ3n) is 15.2. The van der Waals surface area contributed by atoms with Crippen LogP contribution in [0.3, 0.4) is 0 Å². The van der Waals surface area contributed by atoms with Crippen molar-refractivity contribution < 1.29 is 69.0 Å². The van der Waals surface area contributed by atoms with E-state index >= 15 is 0 Å². The highest BCUT2D eigenvalue weighted by molar-refractivity contribution is 5.69. The Hall–Kier alpha value is -2.57. The first-order chi connectivity index (χ1) is 39.6. The number of unbranched alkanes of at least 4 members (excludes halogenated alkanes) is 27. The molecule has 0 saturated carbocycles. The Morgan fingerprint density at radius 3 is 1.25 bits per heavy atom. The van der Waals surface area contributed by atoms with Gasteiger partial charge in [-0.2, -0.15) is 0 Å². The maximum atomic E-state index is 13.1. The molecule has 2 rings (SSSR count). The second-order valence-electron chi connectivity index (χ2n) is 22.6. The van der Waals surface area contributed by atoms with Crippen LogP contribution in [0.2, 0.25) is 0 Å². The summed E-state index contributed by atoms with van der Waals surface area (Å²) in [5.74, 6) is -0.385. The van der Waals surface area contributed by atoms with Gasteiger partial charge >= 0.3 is 5.97 Å². The summed E-state index contributed by atoms with van der Waals surface area (Å²) in [7, 11) is 0. The Labute approximate surface area is 491 Å². The zero-order valence-corrected chi connectivity index (χ0v) is 50.8. The highest BCUT2D eigenvalue weighted by Crippen LogP contribution is 2.27. The van der Waals surface area contributed by atoms with Crippen molar-refractivity contribution in [3.05, 3.63) is 72.9 Å². The van der Waals surface area contributed by atoms with E-state index in [9.17, 15) is 40.5 Å². The van der Waals surface area contributed by atoms with Gasteiger partial charge in [-0.3, -0.25) is 4.79 Å². The van der Waals surface area contributed by atoms with E-state index in [4.69, 9.17) is 28.4 Å². The largest absolute Gasteiger partial charge is 0.457 e. The summed E-state index contributed by atoms with van der Waals surface area (Å²) in [4.78, 5) is 13.1. The van der Waals surface area contributed by atoms with Gasteiger partial charge in [0.05, 0.1) is 26.4 Å². The van der Waals surface area contributed by atoms with Crippen LogP contribution in [0.5, 0.6) is 0 Å². The van der Waals surface area contributed by atoms with E-state index in [1.54, 1.807) is 0 Å². The van der Waals surface area contributed by atoms with E-state index in [2.05, 4.69) is 86.8 Å². The minimum Gasteiger partial charge on any atom is -0.457 e. The number of carbonyl (C=O) groups excluding carboxylic acids is 1. The highest BCUT2D eigenvalue weighted by atomic mass is 16.7.